The Kier molecular flexibility index (Phi) is 4.45. The summed E-state index contributed by atoms with van der Waals surface area (Å²) < 4.78 is 6.78. The van der Waals surface area contributed by atoms with Crippen molar-refractivity contribution in [3.8, 4) is 11.6 Å². The van der Waals surface area contributed by atoms with E-state index >= 15 is 0 Å². The van der Waals surface area contributed by atoms with E-state index in [0.29, 0.717) is 12.4 Å². The van der Waals surface area contributed by atoms with Crippen LogP contribution in [0.25, 0.3) is 0 Å². The molecule has 1 aromatic heterocycles. The number of nitrogens with two attached hydrogens (primary N) is 1. The number of aromatic nitrogens is 1. The van der Waals surface area contributed by atoms with Crippen LogP contribution in [0.3, 0.4) is 0 Å². The number of nitrogens with zero attached hydrogens (tertiary/aromatic N) is 1. The van der Waals surface area contributed by atoms with Gasteiger partial charge in [-0.1, -0.05) is 32.9 Å². The molecule has 0 aliphatic rings. The normalized spacial score (nSPS) is 11.4. The molecule has 20 heavy (non-hydrogen) atoms. The molecule has 0 saturated carbocycles. The van der Waals surface area contributed by atoms with Crippen molar-refractivity contribution in [3.05, 3.63) is 52.1 Å². The van der Waals surface area contributed by atoms with Crippen molar-refractivity contribution in [1.29, 1.82) is 0 Å². The molecule has 2 aromatic rings. The summed E-state index contributed by atoms with van der Waals surface area (Å²) in [6.07, 6.45) is 1.71. The molecular weight excluding hydrogens is 316 g/mol. The first kappa shape index (κ1) is 15.0. The molecule has 1 heterocycles. The quantitative estimate of drug-likeness (QED) is 0.905. The van der Waals surface area contributed by atoms with Crippen LogP contribution < -0.4 is 10.5 Å². The molecule has 0 amide bonds. The summed E-state index contributed by atoms with van der Waals surface area (Å²) in [5.41, 5.74) is 7.92. The molecule has 3 nitrogen and oxygen atoms in total. The molecule has 0 fully saturated rings. The number of rotatable bonds is 3. The molecular formula is C16H19BrN2O. The minimum atomic E-state index is 0.0865. The van der Waals surface area contributed by atoms with Gasteiger partial charge in [0.25, 0.3) is 0 Å². The van der Waals surface area contributed by atoms with E-state index in [-0.39, 0.29) is 5.41 Å². The van der Waals surface area contributed by atoms with Crippen LogP contribution in [0, 0.1) is 0 Å². The molecule has 0 unspecified atom stereocenters. The molecule has 0 saturated heterocycles. The number of hydrogen-bond acceptors (Lipinski definition) is 3. The van der Waals surface area contributed by atoms with E-state index < -0.39 is 0 Å². The van der Waals surface area contributed by atoms with Crippen LogP contribution in [0.15, 0.2) is 41.0 Å². The molecule has 2 N–H and O–H groups in total. The monoisotopic (exact) mass is 334 g/mol. The second-order valence-electron chi connectivity index (χ2n) is 5.70. The van der Waals surface area contributed by atoms with E-state index in [9.17, 15) is 0 Å². The molecule has 0 spiro atoms. The van der Waals surface area contributed by atoms with E-state index in [1.807, 2.05) is 24.3 Å². The molecule has 0 radical (unpaired) electrons. The van der Waals surface area contributed by atoms with E-state index in [1.54, 1.807) is 6.20 Å². The summed E-state index contributed by atoms with van der Waals surface area (Å²) in [5, 5.41) is 0. The first-order valence-corrected chi connectivity index (χ1v) is 7.32. The number of halogens is 1. The molecule has 106 valence electrons. The molecule has 0 atom stereocenters. The van der Waals surface area contributed by atoms with Gasteiger partial charge in [-0.15, -0.1) is 0 Å². The lowest BCUT2D eigenvalue weighted by Crippen LogP contribution is -2.10. The van der Waals surface area contributed by atoms with Crippen LogP contribution in [-0.4, -0.2) is 4.98 Å². The van der Waals surface area contributed by atoms with Crippen molar-refractivity contribution in [3.63, 3.8) is 0 Å². The zero-order valence-electron chi connectivity index (χ0n) is 12.0. The average Bonchev–Trinajstić information content (AvgIpc) is 2.40. The maximum absolute atomic E-state index is 5.88. The Bertz CT molecular complexity index is 606. The third kappa shape index (κ3) is 3.58. The molecule has 0 aliphatic carbocycles. The van der Waals surface area contributed by atoms with Crippen molar-refractivity contribution < 1.29 is 4.74 Å². The molecule has 0 aliphatic heterocycles. The van der Waals surface area contributed by atoms with Crippen LogP contribution in [0.1, 0.15) is 31.9 Å². The Hall–Kier alpha value is -1.39. The van der Waals surface area contributed by atoms with Gasteiger partial charge < -0.3 is 10.5 Å². The fraction of sp³-hybridized carbons (Fsp3) is 0.312. The van der Waals surface area contributed by atoms with E-state index in [2.05, 4.69) is 47.8 Å². The molecule has 4 heteroatoms. The van der Waals surface area contributed by atoms with Gasteiger partial charge >= 0.3 is 0 Å². The van der Waals surface area contributed by atoms with Crippen molar-refractivity contribution in [2.24, 2.45) is 5.73 Å². The van der Waals surface area contributed by atoms with Crippen molar-refractivity contribution >= 4 is 15.9 Å². The van der Waals surface area contributed by atoms with Gasteiger partial charge in [-0.05, 0) is 45.1 Å². The summed E-state index contributed by atoms with van der Waals surface area (Å²) in [4.78, 5) is 4.29. The summed E-state index contributed by atoms with van der Waals surface area (Å²) in [5.74, 6) is 1.34. The maximum atomic E-state index is 5.88. The van der Waals surface area contributed by atoms with Gasteiger partial charge in [-0.3, -0.25) is 0 Å². The number of benzene rings is 1. The second-order valence-corrected chi connectivity index (χ2v) is 6.62. The average molecular weight is 335 g/mol. The highest BCUT2D eigenvalue weighted by molar-refractivity contribution is 9.10. The third-order valence-electron chi connectivity index (χ3n) is 3.03. The number of ether oxygens (including phenoxy) is 1. The fourth-order valence-corrected chi connectivity index (χ4v) is 2.22. The van der Waals surface area contributed by atoms with Crippen LogP contribution in [-0.2, 0) is 12.0 Å². The standard InChI is InChI=1S/C16H19BrN2O/c1-16(2,3)12-5-4-6-14(8-12)20-15-11(9-18)7-13(17)10-19-15/h4-8,10H,9,18H2,1-3H3. The van der Waals surface area contributed by atoms with Gasteiger partial charge in [0.05, 0.1) is 0 Å². The smallest absolute Gasteiger partial charge is 0.223 e. The molecule has 1 aromatic carbocycles. The van der Waals surface area contributed by atoms with Gasteiger partial charge in [0.1, 0.15) is 5.75 Å². The Labute approximate surface area is 128 Å². The lowest BCUT2D eigenvalue weighted by Gasteiger charge is -2.19. The number of hydrogen-bond donors (Lipinski definition) is 1. The first-order valence-electron chi connectivity index (χ1n) is 6.53. The highest BCUT2D eigenvalue weighted by atomic mass is 79.9. The van der Waals surface area contributed by atoms with Crippen molar-refractivity contribution in [1.82, 2.24) is 4.98 Å². The van der Waals surface area contributed by atoms with Crippen LogP contribution in [0.4, 0.5) is 0 Å². The van der Waals surface area contributed by atoms with Gasteiger partial charge in [0, 0.05) is 22.8 Å². The maximum Gasteiger partial charge on any atom is 0.223 e. The van der Waals surface area contributed by atoms with E-state index in [0.717, 1.165) is 15.8 Å². The van der Waals surface area contributed by atoms with Gasteiger partial charge in [-0.2, -0.15) is 0 Å². The van der Waals surface area contributed by atoms with Crippen LogP contribution in [0.2, 0.25) is 0 Å². The first-order chi connectivity index (χ1) is 9.40. The minimum Gasteiger partial charge on any atom is -0.439 e. The highest BCUT2D eigenvalue weighted by Crippen LogP contribution is 2.29. The highest BCUT2D eigenvalue weighted by Gasteiger charge is 2.14. The van der Waals surface area contributed by atoms with Crippen molar-refractivity contribution in [2.75, 3.05) is 0 Å². The van der Waals surface area contributed by atoms with E-state index in [1.165, 1.54) is 5.56 Å². The topological polar surface area (TPSA) is 48.1 Å². The van der Waals surface area contributed by atoms with Crippen molar-refractivity contribution in [2.45, 2.75) is 32.7 Å². The fourth-order valence-electron chi connectivity index (χ4n) is 1.84. The second kappa shape index (κ2) is 5.94. The Morgan fingerprint density at radius 3 is 2.65 bits per heavy atom. The Morgan fingerprint density at radius 1 is 1.25 bits per heavy atom. The number of pyridine rings is 1. The van der Waals surface area contributed by atoms with Gasteiger partial charge in [0.2, 0.25) is 5.88 Å². The SMILES string of the molecule is CC(C)(C)c1cccc(Oc2ncc(Br)cc2CN)c1. The predicted octanol–water partition coefficient (Wildman–Crippen LogP) is 4.39. The van der Waals surface area contributed by atoms with Crippen LogP contribution >= 0.6 is 15.9 Å². The van der Waals surface area contributed by atoms with Gasteiger partial charge in [0.15, 0.2) is 0 Å². The summed E-state index contributed by atoms with van der Waals surface area (Å²) >= 11 is 3.39. The lowest BCUT2D eigenvalue weighted by molar-refractivity contribution is 0.453. The summed E-state index contributed by atoms with van der Waals surface area (Å²) in [7, 11) is 0. The zero-order valence-corrected chi connectivity index (χ0v) is 13.6. The summed E-state index contributed by atoms with van der Waals surface area (Å²) in [6, 6.07) is 10.0. The van der Waals surface area contributed by atoms with Crippen LogP contribution in [0.5, 0.6) is 11.6 Å². The van der Waals surface area contributed by atoms with E-state index in [4.69, 9.17) is 10.5 Å². The molecule has 0 bridgehead atoms. The third-order valence-corrected chi connectivity index (χ3v) is 3.46. The lowest BCUT2D eigenvalue weighted by atomic mass is 9.87. The Morgan fingerprint density at radius 2 is 2.00 bits per heavy atom. The zero-order chi connectivity index (χ0) is 14.8. The molecule has 2 rings (SSSR count). The predicted molar refractivity (Wildman–Crippen MR) is 85.0 cm³/mol. The summed E-state index contributed by atoms with van der Waals surface area (Å²) in [6.45, 7) is 6.92. The minimum absolute atomic E-state index is 0.0865. The largest absolute Gasteiger partial charge is 0.439 e. The van der Waals surface area contributed by atoms with Gasteiger partial charge in [-0.25, -0.2) is 4.98 Å². The Balaban J connectivity index is 2.31.